The second-order valence-electron chi connectivity index (χ2n) is 7.95. The van der Waals surface area contributed by atoms with Gasteiger partial charge in [-0.3, -0.25) is 4.79 Å². The molecule has 4 rings (SSSR count). The Kier molecular flexibility index (Phi) is 8.30. The highest BCUT2D eigenvalue weighted by Gasteiger charge is 2.07. The van der Waals surface area contributed by atoms with Gasteiger partial charge in [0.2, 0.25) is 0 Å². The molecule has 0 aliphatic carbocycles. The number of carbonyl (C=O) groups excluding carboxylic acids is 1. The summed E-state index contributed by atoms with van der Waals surface area (Å²) in [5, 5.41) is 4.12. The maximum Gasteiger partial charge on any atom is 0.271 e. The number of nitrogens with zero attached hydrogens (tertiary/aromatic N) is 1. The van der Waals surface area contributed by atoms with Crippen molar-refractivity contribution in [2.45, 2.75) is 20.1 Å². The minimum Gasteiger partial charge on any atom is -0.489 e. The number of carbonyl (C=O) groups is 1. The zero-order valence-corrected chi connectivity index (χ0v) is 20.9. The Morgan fingerprint density at radius 2 is 1.54 bits per heavy atom. The van der Waals surface area contributed by atoms with E-state index in [0.29, 0.717) is 30.3 Å². The third kappa shape index (κ3) is 7.29. The fourth-order valence-electron chi connectivity index (χ4n) is 3.27. The van der Waals surface area contributed by atoms with Gasteiger partial charge < -0.3 is 9.47 Å². The van der Waals surface area contributed by atoms with E-state index < -0.39 is 0 Å². The number of hydrogen-bond donors (Lipinski definition) is 1. The van der Waals surface area contributed by atoms with Gasteiger partial charge in [0.1, 0.15) is 24.7 Å². The van der Waals surface area contributed by atoms with Crippen molar-refractivity contribution in [2.75, 3.05) is 0 Å². The quantitative estimate of drug-likeness (QED) is 0.194. The molecule has 6 heteroatoms. The van der Waals surface area contributed by atoms with Crippen LogP contribution in [0.15, 0.2) is 107 Å². The van der Waals surface area contributed by atoms with Crippen molar-refractivity contribution in [2.24, 2.45) is 5.10 Å². The summed E-state index contributed by atoms with van der Waals surface area (Å²) < 4.78 is 12.6. The summed E-state index contributed by atoms with van der Waals surface area (Å²) in [6, 6.07) is 30.7. The van der Waals surface area contributed by atoms with Crippen molar-refractivity contribution in [1.82, 2.24) is 5.43 Å². The van der Waals surface area contributed by atoms with Crippen LogP contribution in [-0.4, -0.2) is 12.1 Å². The second-order valence-corrected chi connectivity index (χ2v) is 8.87. The fourth-order valence-corrected chi connectivity index (χ4v) is 3.64. The lowest BCUT2D eigenvalue weighted by atomic mass is 10.2. The van der Waals surface area contributed by atoms with Gasteiger partial charge in [-0.2, -0.15) is 5.10 Å². The molecule has 1 N–H and O–H groups in total. The van der Waals surface area contributed by atoms with Crippen molar-refractivity contribution in [3.63, 3.8) is 0 Å². The smallest absolute Gasteiger partial charge is 0.271 e. The van der Waals surface area contributed by atoms with Gasteiger partial charge in [0.05, 0.1) is 6.21 Å². The van der Waals surface area contributed by atoms with Gasteiger partial charge in [-0.1, -0.05) is 76.1 Å². The molecule has 0 bridgehead atoms. The van der Waals surface area contributed by atoms with Crippen molar-refractivity contribution < 1.29 is 14.3 Å². The molecule has 0 aliphatic heterocycles. The number of amides is 1. The molecular formula is C29H25BrN2O3. The molecule has 0 spiro atoms. The van der Waals surface area contributed by atoms with Gasteiger partial charge in [-0.25, -0.2) is 5.43 Å². The number of benzene rings is 4. The molecule has 0 heterocycles. The predicted molar refractivity (Wildman–Crippen MR) is 142 cm³/mol. The van der Waals surface area contributed by atoms with Crippen LogP contribution in [0.1, 0.15) is 32.6 Å². The summed E-state index contributed by atoms with van der Waals surface area (Å²) in [5.41, 5.74) is 7.17. The van der Waals surface area contributed by atoms with E-state index in [1.54, 1.807) is 30.5 Å². The third-order valence-corrected chi connectivity index (χ3v) is 5.71. The summed E-state index contributed by atoms with van der Waals surface area (Å²) in [6.45, 7) is 2.96. The lowest BCUT2D eigenvalue weighted by molar-refractivity contribution is 0.0955. The van der Waals surface area contributed by atoms with Crippen LogP contribution in [0.25, 0.3) is 0 Å². The highest BCUT2D eigenvalue weighted by Crippen LogP contribution is 2.23. The molecule has 0 aliphatic rings. The van der Waals surface area contributed by atoms with E-state index in [1.165, 1.54) is 5.56 Å². The number of halogens is 1. The lowest BCUT2D eigenvalue weighted by Gasteiger charge is -2.10. The number of rotatable bonds is 9. The zero-order chi connectivity index (χ0) is 24.5. The first kappa shape index (κ1) is 24.2. The lowest BCUT2D eigenvalue weighted by Crippen LogP contribution is -2.17. The largest absolute Gasteiger partial charge is 0.489 e. The van der Waals surface area contributed by atoms with E-state index in [1.807, 2.05) is 60.7 Å². The number of ether oxygens (including phenoxy) is 2. The van der Waals surface area contributed by atoms with E-state index in [4.69, 9.17) is 9.47 Å². The molecule has 176 valence electrons. The Morgan fingerprint density at radius 3 is 2.29 bits per heavy atom. The third-order valence-electron chi connectivity index (χ3n) is 5.22. The first-order valence-electron chi connectivity index (χ1n) is 11.1. The molecule has 1 amide bonds. The number of hydrogen-bond acceptors (Lipinski definition) is 4. The topological polar surface area (TPSA) is 59.9 Å². The normalized spacial score (nSPS) is 10.8. The first-order valence-corrected chi connectivity index (χ1v) is 11.9. The Balaban J connectivity index is 1.33. The summed E-state index contributed by atoms with van der Waals surface area (Å²) in [6.07, 6.45) is 1.57. The van der Waals surface area contributed by atoms with Crippen LogP contribution >= 0.6 is 15.9 Å². The van der Waals surface area contributed by atoms with E-state index in [-0.39, 0.29) is 5.91 Å². The number of nitrogens with one attached hydrogen (secondary N) is 1. The molecule has 0 aromatic heterocycles. The molecule has 0 unspecified atom stereocenters. The van der Waals surface area contributed by atoms with Crippen LogP contribution in [0.3, 0.4) is 0 Å². The minimum atomic E-state index is -0.312. The van der Waals surface area contributed by atoms with Crippen molar-refractivity contribution in [3.05, 3.63) is 129 Å². The molecule has 35 heavy (non-hydrogen) atoms. The van der Waals surface area contributed by atoms with E-state index >= 15 is 0 Å². The summed E-state index contributed by atoms with van der Waals surface area (Å²) >= 11 is 3.47. The van der Waals surface area contributed by atoms with Crippen LogP contribution in [-0.2, 0) is 13.2 Å². The average molecular weight is 529 g/mol. The SMILES string of the molecule is Cc1ccc(COc2ccc(C(=O)N/N=C\c3cc(Br)ccc3OCc3ccccc3)cc2)cc1. The molecule has 0 radical (unpaired) electrons. The predicted octanol–water partition coefficient (Wildman–Crippen LogP) is 6.68. The molecule has 0 atom stereocenters. The van der Waals surface area contributed by atoms with Crippen molar-refractivity contribution >= 4 is 28.1 Å². The zero-order valence-electron chi connectivity index (χ0n) is 19.3. The molecular weight excluding hydrogens is 504 g/mol. The van der Waals surface area contributed by atoms with Crippen LogP contribution < -0.4 is 14.9 Å². The minimum absolute atomic E-state index is 0.312. The number of aryl methyl sites for hydroxylation is 1. The molecule has 0 saturated heterocycles. The molecule has 0 saturated carbocycles. The average Bonchev–Trinajstić information content (AvgIpc) is 2.89. The van der Waals surface area contributed by atoms with Crippen LogP contribution in [0.2, 0.25) is 0 Å². The Labute approximate surface area is 213 Å². The van der Waals surface area contributed by atoms with E-state index in [9.17, 15) is 4.79 Å². The molecule has 4 aromatic rings. The Morgan fingerprint density at radius 1 is 0.857 bits per heavy atom. The first-order chi connectivity index (χ1) is 17.1. The fraction of sp³-hybridized carbons (Fsp3) is 0.103. The Bertz CT molecular complexity index is 1290. The second kappa shape index (κ2) is 12.0. The van der Waals surface area contributed by atoms with Crippen LogP contribution in [0, 0.1) is 6.92 Å². The van der Waals surface area contributed by atoms with Crippen molar-refractivity contribution in [1.29, 1.82) is 0 Å². The molecule has 5 nitrogen and oxygen atoms in total. The molecule has 4 aromatic carbocycles. The molecule has 0 fully saturated rings. The maximum atomic E-state index is 12.5. The summed E-state index contributed by atoms with van der Waals surface area (Å²) in [7, 11) is 0. The van der Waals surface area contributed by atoms with E-state index in [2.05, 4.69) is 45.5 Å². The van der Waals surface area contributed by atoms with Gasteiger partial charge >= 0.3 is 0 Å². The highest BCUT2D eigenvalue weighted by atomic mass is 79.9. The van der Waals surface area contributed by atoms with Crippen molar-refractivity contribution in [3.8, 4) is 11.5 Å². The maximum absolute atomic E-state index is 12.5. The highest BCUT2D eigenvalue weighted by molar-refractivity contribution is 9.10. The standard InChI is InChI=1S/C29H25BrN2O3/c1-21-7-9-23(10-8-21)19-34-27-14-11-24(12-15-27)29(33)32-31-18-25-17-26(30)13-16-28(25)35-20-22-5-3-2-4-6-22/h2-18H,19-20H2,1H3,(H,32,33)/b31-18-. The van der Waals surface area contributed by atoms with Gasteiger partial charge in [0.15, 0.2) is 0 Å². The summed E-state index contributed by atoms with van der Waals surface area (Å²) in [5.74, 6) is 1.05. The Hall–Kier alpha value is -3.90. The van der Waals surface area contributed by atoms with Gasteiger partial charge in [-0.05, 0) is 60.5 Å². The van der Waals surface area contributed by atoms with Crippen LogP contribution in [0.4, 0.5) is 0 Å². The number of hydrazone groups is 1. The van der Waals surface area contributed by atoms with Gasteiger partial charge in [0, 0.05) is 15.6 Å². The monoisotopic (exact) mass is 528 g/mol. The van der Waals surface area contributed by atoms with Gasteiger partial charge in [0.25, 0.3) is 5.91 Å². The summed E-state index contributed by atoms with van der Waals surface area (Å²) in [4.78, 5) is 12.5. The van der Waals surface area contributed by atoms with Crippen LogP contribution in [0.5, 0.6) is 11.5 Å². The van der Waals surface area contributed by atoms with E-state index in [0.717, 1.165) is 21.2 Å². The van der Waals surface area contributed by atoms with Gasteiger partial charge in [-0.15, -0.1) is 0 Å².